The minimum atomic E-state index is -0.383. The molecule has 0 unspecified atom stereocenters. The Hall–Kier alpha value is -3.81. The van der Waals surface area contributed by atoms with Gasteiger partial charge in [-0.2, -0.15) is 9.78 Å². The molecule has 1 aliphatic rings. The molecule has 0 saturated heterocycles. The molecule has 0 radical (unpaired) electrons. The lowest BCUT2D eigenvalue weighted by molar-refractivity contribution is 0.102. The van der Waals surface area contributed by atoms with E-state index in [1.807, 2.05) is 57.0 Å². The third-order valence-electron chi connectivity index (χ3n) is 6.30. The number of carbonyl (C=O) groups is 1. The molecular formula is C26H27FN6O. The third kappa shape index (κ3) is 4.00. The molecule has 8 heteroatoms. The largest absolute Gasteiger partial charge is 0.370 e. The monoisotopic (exact) mass is 458 g/mol. The van der Waals surface area contributed by atoms with Crippen molar-refractivity contribution >= 4 is 28.3 Å². The average molecular weight is 459 g/mol. The maximum Gasteiger partial charge on any atom is 0.256 e. The number of hydrogen-bond acceptors (Lipinski definition) is 5. The Morgan fingerprint density at radius 1 is 1.21 bits per heavy atom. The second kappa shape index (κ2) is 8.52. The number of nitrogens with zero attached hydrogens (tertiary/aromatic N) is 5. The number of carbonyl (C=O) groups excluding carboxylic acids is 1. The van der Waals surface area contributed by atoms with Crippen LogP contribution in [0.4, 0.5) is 15.8 Å². The molecule has 4 aromatic rings. The Labute approximate surface area is 197 Å². The van der Waals surface area contributed by atoms with Crippen molar-refractivity contribution < 1.29 is 9.18 Å². The number of anilines is 2. The van der Waals surface area contributed by atoms with Crippen LogP contribution in [-0.4, -0.2) is 38.7 Å². The first kappa shape index (κ1) is 22.0. The molecule has 7 nitrogen and oxygen atoms in total. The van der Waals surface area contributed by atoms with Crippen LogP contribution >= 0.6 is 0 Å². The smallest absolute Gasteiger partial charge is 0.256 e. The lowest BCUT2D eigenvalue weighted by atomic mass is 10.1. The highest BCUT2D eigenvalue weighted by atomic mass is 19.1. The van der Waals surface area contributed by atoms with Crippen molar-refractivity contribution in [3.05, 3.63) is 71.4 Å². The van der Waals surface area contributed by atoms with Crippen molar-refractivity contribution in [2.45, 2.75) is 45.6 Å². The van der Waals surface area contributed by atoms with Gasteiger partial charge in [-0.15, -0.1) is 0 Å². The molecule has 1 saturated carbocycles. The molecule has 1 amide bonds. The number of amides is 1. The number of fused-ring (bicyclic) bond motifs is 1. The van der Waals surface area contributed by atoms with Crippen LogP contribution in [0.2, 0.25) is 0 Å². The van der Waals surface area contributed by atoms with Crippen molar-refractivity contribution in [3.63, 3.8) is 0 Å². The van der Waals surface area contributed by atoms with Crippen molar-refractivity contribution in [2.24, 2.45) is 0 Å². The van der Waals surface area contributed by atoms with Gasteiger partial charge in [0.05, 0.1) is 22.3 Å². The van der Waals surface area contributed by atoms with E-state index in [0.717, 1.165) is 18.5 Å². The molecule has 0 atom stereocenters. The summed E-state index contributed by atoms with van der Waals surface area (Å²) in [6.07, 6.45) is 3.80. The highest BCUT2D eigenvalue weighted by Crippen LogP contribution is 2.40. The number of benzene rings is 1. The Morgan fingerprint density at radius 3 is 2.65 bits per heavy atom. The van der Waals surface area contributed by atoms with E-state index in [-0.39, 0.29) is 17.8 Å². The number of pyridine rings is 2. The van der Waals surface area contributed by atoms with Crippen LogP contribution in [0, 0.1) is 12.7 Å². The summed E-state index contributed by atoms with van der Waals surface area (Å²) in [7, 11) is 1.84. The van der Waals surface area contributed by atoms with Gasteiger partial charge in [0.25, 0.3) is 5.91 Å². The Morgan fingerprint density at radius 2 is 2.00 bits per heavy atom. The van der Waals surface area contributed by atoms with Gasteiger partial charge in [0, 0.05) is 36.6 Å². The molecule has 1 aliphatic carbocycles. The number of nitrogens with one attached hydrogen (secondary N) is 1. The van der Waals surface area contributed by atoms with Crippen LogP contribution in [0.3, 0.4) is 0 Å². The summed E-state index contributed by atoms with van der Waals surface area (Å²) >= 11 is 0. The maximum absolute atomic E-state index is 14.8. The van der Waals surface area contributed by atoms with Gasteiger partial charge in [0.15, 0.2) is 11.5 Å². The molecule has 5 rings (SSSR count). The van der Waals surface area contributed by atoms with Gasteiger partial charge in [0.1, 0.15) is 5.82 Å². The lowest BCUT2D eigenvalue weighted by Crippen LogP contribution is -2.26. The van der Waals surface area contributed by atoms with E-state index in [1.165, 1.54) is 6.07 Å². The highest BCUT2D eigenvalue weighted by Gasteiger charge is 2.29. The van der Waals surface area contributed by atoms with Crippen LogP contribution in [0.5, 0.6) is 0 Å². The fourth-order valence-electron chi connectivity index (χ4n) is 4.06. The van der Waals surface area contributed by atoms with E-state index in [2.05, 4.69) is 15.4 Å². The van der Waals surface area contributed by atoms with Crippen LogP contribution in [0.25, 0.3) is 16.9 Å². The number of halogens is 1. The van der Waals surface area contributed by atoms with E-state index < -0.39 is 0 Å². The van der Waals surface area contributed by atoms with Crippen molar-refractivity contribution in [3.8, 4) is 5.82 Å². The number of rotatable bonds is 6. The SMILES string of the molecule is Cc1nn(-c2ccccn2)c2nc(C3CC3)cc(C(=O)Nc3ccc(N(C)C(C)C)c(F)c3)c12. The Balaban J connectivity index is 1.55. The van der Waals surface area contributed by atoms with Gasteiger partial charge in [-0.3, -0.25) is 4.79 Å². The molecular weight excluding hydrogens is 431 g/mol. The predicted octanol–water partition coefficient (Wildman–Crippen LogP) is 5.24. The van der Waals surface area contributed by atoms with Gasteiger partial charge in [-0.05, 0) is 70.0 Å². The van der Waals surface area contributed by atoms with E-state index in [1.54, 1.807) is 23.0 Å². The second-order valence-corrected chi connectivity index (χ2v) is 9.08. The van der Waals surface area contributed by atoms with Crippen molar-refractivity contribution in [1.82, 2.24) is 19.7 Å². The van der Waals surface area contributed by atoms with E-state index in [9.17, 15) is 9.18 Å². The van der Waals surface area contributed by atoms with E-state index in [4.69, 9.17) is 4.98 Å². The summed E-state index contributed by atoms with van der Waals surface area (Å²) in [6.45, 7) is 5.84. The average Bonchev–Trinajstić information content (AvgIpc) is 3.62. The molecule has 0 spiro atoms. The highest BCUT2D eigenvalue weighted by molar-refractivity contribution is 6.13. The molecule has 34 heavy (non-hydrogen) atoms. The first-order valence-electron chi connectivity index (χ1n) is 11.5. The summed E-state index contributed by atoms with van der Waals surface area (Å²) in [5.74, 6) is 0.278. The predicted molar refractivity (Wildman–Crippen MR) is 131 cm³/mol. The standard InChI is InChI=1S/C26H27FN6O/c1-15(2)32(4)22-11-10-18(13-20(22)27)29-26(34)19-14-21(17-8-9-17)30-25-24(19)16(3)31-33(25)23-7-5-6-12-28-23/h5-7,10-15,17H,8-9H2,1-4H3,(H,29,34). The first-order chi connectivity index (χ1) is 16.3. The molecule has 174 valence electrons. The molecule has 0 aliphatic heterocycles. The Bertz CT molecular complexity index is 1380. The molecule has 3 aromatic heterocycles. The molecule has 3 heterocycles. The van der Waals surface area contributed by atoms with Crippen LogP contribution in [0.1, 0.15) is 54.4 Å². The van der Waals surface area contributed by atoms with Crippen LogP contribution in [0.15, 0.2) is 48.7 Å². The zero-order valence-electron chi connectivity index (χ0n) is 19.7. The molecule has 0 bridgehead atoms. The van der Waals surface area contributed by atoms with Crippen LogP contribution < -0.4 is 10.2 Å². The van der Waals surface area contributed by atoms with Gasteiger partial charge < -0.3 is 10.2 Å². The zero-order valence-corrected chi connectivity index (χ0v) is 19.7. The first-order valence-corrected chi connectivity index (χ1v) is 11.5. The van der Waals surface area contributed by atoms with Crippen molar-refractivity contribution in [2.75, 3.05) is 17.3 Å². The fraction of sp³-hybridized carbons (Fsp3) is 0.308. The zero-order chi connectivity index (χ0) is 24.0. The normalized spacial score (nSPS) is 13.5. The molecule has 1 aromatic carbocycles. The van der Waals surface area contributed by atoms with Crippen LogP contribution in [-0.2, 0) is 0 Å². The van der Waals surface area contributed by atoms with E-state index >= 15 is 0 Å². The van der Waals surface area contributed by atoms with Gasteiger partial charge in [0.2, 0.25) is 0 Å². The summed E-state index contributed by atoms with van der Waals surface area (Å²) in [5.41, 5.74) is 3.52. The third-order valence-corrected chi connectivity index (χ3v) is 6.30. The second-order valence-electron chi connectivity index (χ2n) is 9.08. The van der Waals surface area contributed by atoms with Gasteiger partial charge >= 0.3 is 0 Å². The summed E-state index contributed by atoms with van der Waals surface area (Å²) < 4.78 is 16.5. The summed E-state index contributed by atoms with van der Waals surface area (Å²) in [5, 5.41) is 8.18. The lowest BCUT2D eigenvalue weighted by Gasteiger charge is -2.24. The minimum absolute atomic E-state index is 0.152. The molecule has 1 fully saturated rings. The topological polar surface area (TPSA) is 75.9 Å². The minimum Gasteiger partial charge on any atom is -0.370 e. The molecule has 1 N–H and O–H groups in total. The summed E-state index contributed by atoms with van der Waals surface area (Å²) in [6, 6.07) is 12.4. The van der Waals surface area contributed by atoms with E-state index in [0.29, 0.717) is 45.4 Å². The quantitative estimate of drug-likeness (QED) is 0.428. The number of aromatic nitrogens is 4. The maximum atomic E-state index is 14.8. The van der Waals surface area contributed by atoms with Crippen molar-refractivity contribution in [1.29, 1.82) is 0 Å². The van der Waals surface area contributed by atoms with Gasteiger partial charge in [-0.25, -0.2) is 14.4 Å². The number of hydrogen-bond donors (Lipinski definition) is 1. The van der Waals surface area contributed by atoms with Gasteiger partial charge in [-0.1, -0.05) is 6.07 Å². The number of aryl methyl sites for hydroxylation is 1. The Kier molecular flexibility index (Phi) is 5.51. The fourth-order valence-corrected chi connectivity index (χ4v) is 4.06. The summed E-state index contributed by atoms with van der Waals surface area (Å²) in [4.78, 5) is 24.6.